The van der Waals surface area contributed by atoms with E-state index in [0.29, 0.717) is 6.42 Å². The zero-order valence-electron chi connectivity index (χ0n) is 10.6. The van der Waals surface area contributed by atoms with Gasteiger partial charge < -0.3 is 10.5 Å². The number of hydrogen-bond acceptors (Lipinski definition) is 3. The molecule has 1 aromatic rings. The second-order valence-electron chi connectivity index (χ2n) is 4.17. The number of esters is 1. The van der Waals surface area contributed by atoms with E-state index in [1.54, 1.807) is 0 Å². The fourth-order valence-corrected chi connectivity index (χ4v) is 1.66. The lowest BCUT2D eigenvalue weighted by Crippen LogP contribution is -2.36. The summed E-state index contributed by atoms with van der Waals surface area (Å²) >= 11 is 0. The van der Waals surface area contributed by atoms with Crippen LogP contribution in [0.5, 0.6) is 0 Å². The van der Waals surface area contributed by atoms with E-state index in [-0.39, 0.29) is 12.1 Å². The smallest absolute Gasteiger partial charge is 0.323 e. The van der Waals surface area contributed by atoms with Crippen molar-refractivity contribution in [3.8, 4) is 0 Å². The minimum Gasteiger partial charge on any atom is -0.461 e. The topological polar surface area (TPSA) is 52.3 Å². The van der Waals surface area contributed by atoms with Crippen molar-refractivity contribution in [2.75, 3.05) is 0 Å². The second-order valence-corrected chi connectivity index (χ2v) is 4.17. The van der Waals surface area contributed by atoms with Crippen LogP contribution in [0.3, 0.4) is 0 Å². The van der Waals surface area contributed by atoms with Crippen LogP contribution in [-0.2, 0) is 16.0 Å². The van der Waals surface area contributed by atoms with Crippen LogP contribution in [0.1, 0.15) is 32.3 Å². The van der Waals surface area contributed by atoms with E-state index in [1.165, 1.54) is 0 Å². The highest BCUT2D eigenvalue weighted by Gasteiger charge is 2.18. The molecule has 0 radical (unpaired) electrons. The summed E-state index contributed by atoms with van der Waals surface area (Å²) < 4.78 is 5.32. The lowest BCUT2D eigenvalue weighted by molar-refractivity contribution is -0.150. The van der Waals surface area contributed by atoms with Gasteiger partial charge in [0, 0.05) is 0 Å². The van der Waals surface area contributed by atoms with Crippen molar-refractivity contribution >= 4 is 5.97 Å². The highest BCUT2D eigenvalue weighted by Crippen LogP contribution is 2.07. The summed E-state index contributed by atoms with van der Waals surface area (Å²) in [7, 11) is 0. The molecule has 3 heteroatoms. The number of carbonyl (C=O) groups excluding carboxylic acids is 1. The molecule has 0 spiro atoms. The van der Waals surface area contributed by atoms with Crippen LogP contribution < -0.4 is 5.73 Å². The van der Waals surface area contributed by atoms with Crippen LogP contribution in [-0.4, -0.2) is 18.1 Å². The maximum atomic E-state index is 11.7. The van der Waals surface area contributed by atoms with E-state index >= 15 is 0 Å². The largest absolute Gasteiger partial charge is 0.461 e. The maximum absolute atomic E-state index is 11.7. The predicted octanol–water partition coefficient (Wildman–Crippen LogP) is 2.29. The molecule has 0 saturated heterocycles. The maximum Gasteiger partial charge on any atom is 0.323 e. The Balaban J connectivity index is 2.47. The summed E-state index contributed by atoms with van der Waals surface area (Å²) in [6.07, 6.45) is 2.18. The molecule has 2 N–H and O–H groups in total. The molecule has 1 aromatic carbocycles. The normalized spacial score (nSPS) is 12.5. The van der Waals surface area contributed by atoms with Crippen molar-refractivity contribution in [1.82, 2.24) is 0 Å². The van der Waals surface area contributed by atoms with E-state index < -0.39 is 6.04 Å². The summed E-state index contributed by atoms with van der Waals surface area (Å²) in [6.45, 7) is 4.01. The molecular weight excluding hydrogens is 214 g/mol. The van der Waals surface area contributed by atoms with Gasteiger partial charge in [-0.25, -0.2) is 0 Å². The van der Waals surface area contributed by atoms with Crippen LogP contribution in [0, 0.1) is 0 Å². The molecule has 94 valence electrons. The third-order valence-electron chi connectivity index (χ3n) is 2.79. The van der Waals surface area contributed by atoms with Crippen molar-refractivity contribution in [3.63, 3.8) is 0 Å². The van der Waals surface area contributed by atoms with E-state index in [4.69, 9.17) is 10.5 Å². The van der Waals surface area contributed by atoms with Gasteiger partial charge >= 0.3 is 5.97 Å². The van der Waals surface area contributed by atoms with Gasteiger partial charge in [-0.1, -0.05) is 44.2 Å². The van der Waals surface area contributed by atoms with E-state index in [1.807, 2.05) is 44.2 Å². The Morgan fingerprint density at radius 2 is 1.82 bits per heavy atom. The molecule has 0 amide bonds. The summed E-state index contributed by atoms with van der Waals surface area (Å²) in [5.41, 5.74) is 6.89. The highest BCUT2D eigenvalue weighted by atomic mass is 16.5. The SMILES string of the molecule is CCC(CC)OC(=O)[C@@H](N)Cc1ccccc1. The van der Waals surface area contributed by atoms with Crippen molar-refractivity contribution in [2.45, 2.75) is 45.3 Å². The molecule has 0 aliphatic rings. The molecule has 0 aromatic heterocycles. The third-order valence-corrected chi connectivity index (χ3v) is 2.79. The Bertz CT molecular complexity index is 333. The lowest BCUT2D eigenvalue weighted by atomic mass is 10.1. The predicted molar refractivity (Wildman–Crippen MR) is 68.6 cm³/mol. The first-order valence-corrected chi connectivity index (χ1v) is 6.17. The van der Waals surface area contributed by atoms with Crippen LogP contribution in [0.2, 0.25) is 0 Å². The van der Waals surface area contributed by atoms with E-state index in [0.717, 1.165) is 18.4 Å². The molecule has 1 atom stereocenters. The Morgan fingerprint density at radius 3 is 2.35 bits per heavy atom. The monoisotopic (exact) mass is 235 g/mol. The fourth-order valence-electron chi connectivity index (χ4n) is 1.66. The van der Waals surface area contributed by atoms with Gasteiger partial charge in [0.2, 0.25) is 0 Å². The van der Waals surface area contributed by atoms with Crippen molar-refractivity contribution in [3.05, 3.63) is 35.9 Å². The van der Waals surface area contributed by atoms with Gasteiger partial charge in [-0.3, -0.25) is 4.79 Å². The second kappa shape index (κ2) is 7.07. The molecule has 0 heterocycles. The van der Waals surface area contributed by atoms with Crippen LogP contribution in [0.25, 0.3) is 0 Å². The highest BCUT2D eigenvalue weighted by molar-refractivity contribution is 5.76. The molecule has 0 unspecified atom stereocenters. The third kappa shape index (κ3) is 4.57. The minimum absolute atomic E-state index is 0.00989. The number of nitrogens with two attached hydrogens (primary N) is 1. The minimum atomic E-state index is -0.571. The summed E-state index contributed by atoms with van der Waals surface area (Å²) in [6, 6.07) is 9.17. The first-order valence-electron chi connectivity index (χ1n) is 6.17. The van der Waals surface area contributed by atoms with Crippen LogP contribution in [0.15, 0.2) is 30.3 Å². The lowest BCUT2D eigenvalue weighted by Gasteiger charge is -2.17. The molecule has 0 aliphatic heterocycles. The van der Waals surface area contributed by atoms with Gasteiger partial charge in [0.15, 0.2) is 0 Å². The first kappa shape index (κ1) is 13.7. The number of benzene rings is 1. The molecule has 17 heavy (non-hydrogen) atoms. The zero-order chi connectivity index (χ0) is 12.7. The molecule has 0 saturated carbocycles. The average Bonchev–Trinajstić information content (AvgIpc) is 2.36. The summed E-state index contributed by atoms with van der Waals surface area (Å²) in [5, 5.41) is 0. The van der Waals surface area contributed by atoms with Crippen molar-refractivity contribution < 1.29 is 9.53 Å². The molecular formula is C14H21NO2. The molecule has 0 bridgehead atoms. The average molecular weight is 235 g/mol. The van der Waals surface area contributed by atoms with Crippen molar-refractivity contribution in [2.24, 2.45) is 5.73 Å². The van der Waals surface area contributed by atoms with Gasteiger partial charge in [-0.2, -0.15) is 0 Å². The first-order chi connectivity index (χ1) is 8.17. The van der Waals surface area contributed by atoms with Gasteiger partial charge in [-0.05, 0) is 24.8 Å². The quantitative estimate of drug-likeness (QED) is 0.770. The van der Waals surface area contributed by atoms with Gasteiger partial charge in [0.05, 0.1) is 0 Å². The Kier molecular flexibility index (Phi) is 5.70. The molecule has 3 nitrogen and oxygen atoms in total. The Morgan fingerprint density at radius 1 is 1.24 bits per heavy atom. The standard InChI is InChI=1S/C14H21NO2/c1-3-12(4-2)17-14(16)13(15)10-11-8-6-5-7-9-11/h5-9,12-13H,3-4,10,15H2,1-2H3/t13-/m0/s1. The molecule has 1 rings (SSSR count). The summed E-state index contributed by atoms with van der Waals surface area (Å²) in [4.78, 5) is 11.7. The van der Waals surface area contributed by atoms with Gasteiger partial charge in [0.1, 0.15) is 12.1 Å². The number of hydrogen-bond donors (Lipinski definition) is 1. The van der Waals surface area contributed by atoms with E-state index in [9.17, 15) is 4.79 Å². The molecule has 0 fully saturated rings. The van der Waals surface area contributed by atoms with Crippen LogP contribution >= 0.6 is 0 Å². The van der Waals surface area contributed by atoms with E-state index in [2.05, 4.69) is 0 Å². The summed E-state index contributed by atoms with van der Waals surface area (Å²) in [5.74, 6) is -0.303. The van der Waals surface area contributed by atoms with Gasteiger partial charge in [0.25, 0.3) is 0 Å². The number of carbonyl (C=O) groups is 1. The number of ether oxygens (including phenoxy) is 1. The van der Waals surface area contributed by atoms with Crippen molar-refractivity contribution in [1.29, 1.82) is 0 Å². The van der Waals surface area contributed by atoms with Gasteiger partial charge in [-0.15, -0.1) is 0 Å². The molecule has 0 aliphatic carbocycles. The Labute approximate surface area is 103 Å². The fraction of sp³-hybridized carbons (Fsp3) is 0.500. The Hall–Kier alpha value is -1.35. The van der Waals surface area contributed by atoms with Crippen LogP contribution in [0.4, 0.5) is 0 Å². The zero-order valence-corrected chi connectivity index (χ0v) is 10.6. The number of rotatable bonds is 6.